The second kappa shape index (κ2) is 5.57. The number of hydrogen-bond acceptors (Lipinski definition) is 2. The minimum atomic E-state index is 0.0328. The van der Waals surface area contributed by atoms with Crippen LogP contribution in [0.3, 0.4) is 0 Å². The first kappa shape index (κ1) is 15.0. The van der Waals surface area contributed by atoms with E-state index in [1.807, 2.05) is 4.90 Å². The molecule has 1 atom stereocenters. The van der Waals surface area contributed by atoms with Crippen LogP contribution >= 0.6 is 0 Å². The highest BCUT2D eigenvalue weighted by atomic mass is 16.2. The Morgan fingerprint density at radius 2 is 2.00 bits per heavy atom. The molecule has 1 saturated heterocycles. The summed E-state index contributed by atoms with van der Waals surface area (Å²) in [5.74, 6) is 0.208. The van der Waals surface area contributed by atoms with Crippen molar-refractivity contribution in [1.29, 1.82) is 0 Å². The Kier molecular flexibility index (Phi) is 4.19. The molecule has 1 aliphatic heterocycles. The molecule has 20 heavy (non-hydrogen) atoms. The van der Waals surface area contributed by atoms with Gasteiger partial charge in [-0.2, -0.15) is 0 Å². The standard InChI is InChI=1S/C17H26N2O/c1-12-6-7-14(13(2)10-12)16-18-11-15(20)19(16)9-8-17(3,4)5/h6-7,10,16,18H,8-9,11H2,1-5H3. The zero-order valence-corrected chi connectivity index (χ0v) is 13.3. The maximum absolute atomic E-state index is 12.1. The fourth-order valence-corrected chi connectivity index (χ4v) is 2.66. The highest BCUT2D eigenvalue weighted by molar-refractivity contribution is 5.81. The fraction of sp³-hybridized carbons (Fsp3) is 0.588. The molecule has 2 rings (SSSR count). The van der Waals surface area contributed by atoms with Crippen LogP contribution in [0.2, 0.25) is 0 Å². The van der Waals surface area contributed by atoms with Crippen molar-refractivity contribution in [3.63, 3.8) is 0 Å². The Balaban J connectivity index is 2.19. The molecule has 1 unspecified atom stereocenters. The third-order valence-corrected chi connectivity index (χ3v) is 3.90. The van der Waals surface area contributed by atoms with Gasteiger partial charge in [-0.15, -0.1) is 0 Å². The summed E-state index contributed by atoms with van der Waals surface area (Å²) < 4.78 is 0. The minimum absolute atomic E-state index is 0.0328. The molecule has 1 aliphatic rings. The first-order valence-electron chi connectivity index (χ1n) is 7.38. The van der Waals surface area contributed by atoms with Crippen LogP contribution in [0.5, 0.6) is 0 Å². The normalized spacial score (nSPS) is 19.8. The molecule has 1 heterocycles. The number of carbonyl (C=O) groups excluding carboxylic acids is 1. The van der Waals surface area contributed by atoms with Gasteiger partial charge in [0.15, 0.2) is 0 Å². The van der Waals surface area contributed by atoms with E-state index < -0.39 is 0 Å². The van der Waals surface area contributed by atoms with Crippen molar-refractivity contribution < 1.29 is 4.79 Å². The lowest BCUT2D eigenvalue weighted by Gasteiger charge is -2.29. The molecule has 0 saturated carbocycles. The van der Waals surface area contributed by atoms with Crippen molar-refractivity contribution >= 4 is 5.91 Å². The Morgan fingerprint density at radius 3 is 2.60 bits per heavy atom. The summed E-state index contributed by atoms with van der Waals surface area (Å²) in [7, 11) is 0. The van der Waals surface area contributed by atoms with Gasteiger partial charge in [0, 0.05) is 6.54 Å². The largest absolute Gasteiger partial charge is 0.322 e. The summed E-state index contributed by atoms with van der Waals surface area (Å²) in [6, 6.07) is 6.45. The van der Waals surface area contributed by atoms with Gasteiger partial charge in [-0.05, 0) is 36.8 Å². The second-order valence-corrected chi connectivity index (χ2v) is 7.04. The molecule has 0 radical (unpaired) electrons. The predicted octanol–water partition coefficient (Wildman–Crippen LogP) is 3.17. The summed E-state index contributed by atoms with van der Waals surface area (Å²) in [6.45, 7) is 12.1. The maximum Gasteiger partial charge on any atom is 0.238 e. The van der Waals surface area contributed by atoms with Crippen LogP contribution in [0.1, 0.15) is 50.0 Å². The van der Waals surface area contributed by atoms with Crippen molar-refractivity contribution in [1.82, 2.24) is 10.2 Å². The molecule has 3 heteroatoms. The number of carbonyl (C=O) groups is 1. The van der Waals surface area contributed by atoms with Gasteiger partial charge >= 0.3 is 0 Å². The molecule has 110 valence electrons. The number of benzene rings is 1. The highest BCUT2D eigenvalue weighted by Gasteiger charge is 2.32. The van der Waals surface area contributed by atoms with Crippen LogP contribution < -0.4 is 5.32 Å². The molecule has 3 nitrogen and oxygen atoms in total. The number of rotatable bonds is 3. The van der Waals surface area contributed by atoms with Gasteiger partial charge in [0.1, 0.15) is 6.17 Å². The summed E-state index contributed by atoms with van der Waals surface area (Å²) >= 11 is 0. The van der Waals surface area contributed by atoms with Crippen molar-refractivity contribution in [2.45, 2.75) is 47.2 Å². The molecular formula is C17H26N2O. The van der Waals surface area contributed by atoms with Crippen LogP contribution in [-0.2, 0) is 4.79 Å². The highest BCUT2D eigenvalue weighted by Crippen LogP contribution is 2.28. The van der Waals surface area contributed by atoms with Gasteiger partial charge in [-0.1, -0.05) is 44.5 Å². The van der Waals surface area contributed by atoms with E-state index in [2.05, 4.69) is 58.1 Å². The van der Waals surface area contributed by atoms with E-state index in [1.165, 1.54) is 16.7 Å². The summed E-state index contributed by atoms with van der Waals surface area (Å²) in [5.41, 5.74) is 3.97. The van der Waals surface area contributed by atoms with Gasteiger partial charge in [0.25, 0.3) is 0 Å². The van der Waals surface area contributed by atoms with E-state index in [1.54, 1.807) is 0 Å². The van der Waals surface area contributed by atoms with Crippen LogP contribution in [0.4, 0.5) is 0 Å². The molecule has 1 fully saturated rings. The fourth-order valence-electron chi connectivity index (χ4n) is 2.66. The lowest BCUT2D eigenvalue weighted by atomic mass is 9.92. The van der Waals surface area contributed by atoms with Crippen molar-refractivity contribution in [3.8, 4) is 0 Å². The van der Waals surface area contributed by atoms with Crippen LogP contribution in [-0.4, -0.2) is 23.9 Å². The topological polar surface area (TPSA) is 32.3 Å². The monoisotopic (exact) mass is 274 g/mol. The Hall–Kier alpha value is -1.35. The maximum atomic E-state index is 12.1. The van der Waals surface area contributed by atoms with Gasteiger partial charge in [0.05, 0.1) is 6.54 Å². The first-order valence-corrected chi connectivity index (χ1v) is 7.38. The summed E-state index contributed by atoms with van der Waals surface area (Å²) in [5, 5.41) is 3.35. The number of aryl methyl sites for hydroxylation is 2. The van der Waals surface area contributed by atoms with Gasteiger partial charge in [-0.25, -0.2) is 0 Å². The van der Waals surface area contributed by atoms with Crippen molar-refractivity contribution in [3.05, 3.63) is 34.9 Å². The zero-order valence-electron chi connectivity index (χ0n) is 13.3. The number of hydrogen-bond donors (Lipinski definition) is 1. The molecule has 1 aromatic carbocycles. The van der Waals surface area contributed by atoms with Gasteiger partial charge in [0.2, 0.25) is 5.91 Å². The SMILES string of the molecule is Cc1ccc(C2NCC(=O)N2CCC(C)(C)C)c(C)c1. The van der Waals surface area contributed by atoms with Gasteiger partial charge < -0.3 is 4.90 Å². The molecule has 1 N–H and O–H groups in total. The molecule has 0 aromatic heterocycles. The molecule has 0 bridgehead atoms. The summed E-state index contributed by atoms with van der Waals surface area (Å²) in [6.07, 6.45) is 1.05. The van der Waals surface area contributed by atoms with Crippen molar-refractivity contribution in [2.24, 2.45) is 5.41 Å². The minimum Gasteiger partial charge on any atom is -0.322 e. The predicted molar refractivity (Wildman–Crippen MR) is 82.4 cm³/mol. The van der Waals surface area contributed by atoms with E-state index in [9.17, 15) is 4.79 Å². The third kappa shape index (κ3) is 3.40. The zero-order chi connectivity index (χ0) is 14.9. The smallest absolute Gasteiger partial charge is 0.238 e. The molecular weight excluding hydrogens is 248 g/mol. The van der Waals surface area contributed by atoms with E-state index in [-0.39, 0.29) is 17.5 Å². The van der Waals surface area contributed by atoms with E-state index >= 15 is 0 Å². The lowest BCUT2D eigenvalue weighted by molar-refractivity contribution is -0.128. The van der Waals surface area contributed by atoms with E-state index in [4.69, 9.17) is 0 Å². The summed E-state index contributed by atoms with van der Waals surface area (Å²) in [4.78, 5) is 14.1. The van der Waals surface area contributed by atoms with Gasteiger partial charge in [-0.3, -0.25) is 10.1 Å². The van der Waals surface area contributed by atoms with E-state index in [0.717, 1.165) is 13.0 Å². The molecule has 1 aromatic rings. The Labute approximate surface area is 122 Å². The molecule has 0 spiro atoms. The number of amides is 1. The average Bonchev–Trinajstić information content (AvgIpc) is 2.67. The molecule has 0 aliphatic carbocycles. The molecule has 1 amide bonds. The average molecular weight is 274 g/mol. The van der Waals surface area contributed by atoms with E-state index in [0.29, 0.717) is 6.54 Å². The Bertz CT molecular complexity index is 502. The van der Waals surface area contributed by atoms with Crippen LogP contribution in [0.25, 0.3) is 0 Å². The van der Waals surface area contributed by atoms with Crippen molar-refractivity contribution in [2.75, 3.05) is 13.1 Å². The first-order chi connectivity index (χ1) is 9.28. The lowest BCUT2D eigenvalue weighted by Crippen LogP contribution is -2.33. The Morgan fingerprint density at radius 1 is 1.30 bits per heavy atom. The quantitative estimate of drug-likeness (QED) is 0.918. The third-order valence-electron chi connectivity index (χ3n) is 3.90. The second-order valence-electron chi connectivity index (χ2n) is 7.04. The number of nitrogens with zero attached hydrogens (tertiary/aromatic N) is 1. The van der Waals surface area contributed by atoms with Crippen LogP contribution in [0.15, 0.2) is 18.2 Å². The number of nitrogens with one attached hydrogen (secondary N) is 1. The van der Waals surface area contributed by atoms with Crippen LogP contribution in [0, 0.1) is 19.3 Å².